The van der Waals surface area contributed by atoms with Crippen LogP contribution in [-0.2, 0) is 10.0 Å². The van der Waals surface area contributed by atoms with Gasteiger partial charge in [0, 0.05) is 5.39 Å². The van der Waals surface area contributed by atoms with Gasteiger partial charge >= 0.3 is 0 Å². The van der Waals surface area contributed by atoms with Crippen LogP contribution >= 0.6 is 0 Å². The van der Waals surface area contributed by atoms with Gasteiger partial charge in [0.1, 0.15) is 11.9 Å². The molecule has 0 amide bonds. The van der Waals surface area contributed by atoms with E-state index in [-0.39, 0.29) is 5.69 Å². The van der Waals surface area contributed by atoms with Gasteiger partial charge in [-0.3, -0.25) is 0 Å². The van der Waals surface area contributed by atoms with Crippen LogP contribution in [0.2, 0.25) is 0 Å². The van der Waals surface area contributed by atoms with Crippen molar-refractivity contribution in [1.82, 2.24) is 3.97 Å². The second-order valence-corrected chi connectivity index (χ2v) is 6.94. The number of hydrogen-bond donors (Lipinski definition) is 1. The van der Waals surface area contributed by atoms with E-state index in [1.54, 1.807) is 30.3 Å². The number of para-hydroxylation sites is 1. The minimum atomic E-state index is -3.60. The number of fused-ring (bicyclic) bond motifs is 1. The van der Waals surface area contributed by atoms with Crippen molar-refractivity contribution in [2.75, 3.05) is 6.26 Å². The third-order valence-corrected chi connectivity index (χ3v) is 4.56. The maximum atomic E-state index is 13.0. The molecule has 0 aliphatic rings. The van der Waals surface area contributed by atoms with Crippen molar-refractivity contribution in [3.63, 3.8) is 0 Å². The van der Waals surface area contributed by atoms with Crippen molar-refractivity contribution in [2.45, 2.75) is 6.10 Å². The molecule has 22 heavy (non-hydrogen) atoms. The molecule has 2 aromatic carbocycles. The number of hydrogen-bond acceptors (Lipinski definition) is 3. The van der Waals surface area contributed by atoms with Crippen LogP contribution in [0, 0.1) is 5.82 Å². The first kappa shape index (κ1) is 14.7. The van der Waals surface area contributed by atoms with Gasteiger partial charge in [-0.2, -0.15) is 0 Å². The van der Waals surface area contributed by atoms with Crippen LogP contribution in [0.5, 0.6) is 0 Å². The maximum Gasteiger partial charge on any atom is 0.236 e. The first-order chi connectivity index (χ1) is 10.4. The van der Waals surface area contributed by atoms with E-state index >= 15 is 0 Å². The lowest BCUT2D eigenvalue weighted by Gasteiger charge is -2.14. The third-order valence-electron chi connectivity index (χ3n) is 3.49. The number of aliphatic hydroxyl groups is 1. The Balaban J connectivity index is 2.24. The summed E-state index contributed by atoms with van der Waals surface area (Å²) in [5, 5.41) is 11.2. The van der Waals surface area contributed by atoms with Crippen molar-refractivity contribution < 1.29 is 17.9 Å². The highest BCUT2D eigenvalue weighted by atomic mass is 32.2. The Labute approximate surface area is 127 Å². The summed E-state index contributed by atoms with van der Waals surface area (Å²) in [7, 11) is -3.60. The van der Waals surface area contributed by atoms with E-state index in [4.69, 9.17) is 0 Å². The van der Waals surface area contributed by atoms with Crippen molar-refractivity contribution in [1.29, 1.82) is 0 Å². The van der Waals surface area contributed by atoms with Gasteiger partial charge in [0.15, 0.2) is 0 Å². The Morgan fingerprint density at radius 2 is 1.73 bits per heavy atom. The number of benzene rings is 2. The Hall–Kier alpha value is -2.18. The van der Waals surface area contributed by atoms with Gasteiger partial charge in [0.05, 0.1) is 17.5 Å². The fourth-order valence-electron chi connectivity index (χ4n) is 2.53. The van der Waals surface area contributed by atoms with Crippen LogP contribution in [0.4, 0.5) is 4.39 Å². The summed E-state index contributed by atoms with van der Waals surface area (Å²) >= 11 is 0. The molecule has 4 nitrogen and oxygen atoms in total. The highest BCUT2D eigenvalue weighted by Gasteiger charge is 2.22. The summed E-state index contributed by atoms with van der Waals surface area (Å²) in [6.45, 7) is 0. The molecule has 1 heterocycles. The number of nitrogens with zero attached hydrogens (tertiary/aromatic N) is 1. The molecular formula is C16H14FNO3S. The Morgan fingerprint density at radius 3 is 2.36 bits per heavy atom. The van der Waals surface area contributed by atoms with E-state index in [2.05, 4.69) is 0 Å². The van der Waals surface area contributed by atoms with Gasteiger partial charge < -0.3 is 5.11 Å². The summed E-state index contributed by atoms with van der Waals surface area (Å²) < 4.78 is 38.3. The summed E-state index contributed by atoms with van der Waals surface area (Å²) in [5.74, 6) is -0.417. The van der Waals surface area contributed by atoms with Crippen LogP contribution < -0.4 is 0 Å². The van der Waals surface area contributed by atoms with E-state index in [0.29, 0.717) is 16.5 Å². The molecule has 0 spiro atoms. The van der Waals surface area contributed by atoms with Gasteiger partial charge in [-0.1, -0.05) is 30.3 Å². The fourth-order valence-corrected chi connectivity index (χ4v) is 3.59. The van der Waals surface area contributed by atoms with E-state index in [0.717, 1.165) is 10.2 Å². The van der Waals surface area contributed by atoms with Crippen LogP contribution in [0.15, 0.2) is 54.6 Å². The molecule has 1 aromatic heterocycles. The van der Waals surface area contributed by atoms with Crippen molar-refractivity contribution >= 4 is 20.9 Å². The lowest BCUT2D eigenvalue weighted by Crippen LogP contribution is -2.16. The van der Waals surface area contributed by atoms with Gasteiger partial charge in [0.25, 0.3) is 0 Å². The maximum absolute atomic E-state index is 13.0. The summed E-state index contributed by atoms with van der Waals surface area (Å²) in [4.78, 5) is 0. The summed E-state index contributed by atoms with van der Waals surface area (Å²) in [5.41, 5.74) is 1.16. The van der Waals surface area contributed by atoms with Crippen molar-refractivity contribution in [3.8, 4) is 0 Å². The highest BCUT2D eigenvalue weighted by Crippen LogP contribution is 2.29. The van der Waals surface area contributed by atoms with Crippen molar-refractivity contribution in [2.24, 2.45) is 0 Å². The number of aliphatic hydroxyl groups excluding tert-OH is 1. The van der Waals surface area contributed by atoms with Crippen LogP contribution in [0.25, 0.3) is 10.9 Å². The summed E-state index contributed by atoms with van der Waals surface area (Å²) in [6.07, 6.45) is -0.0805. The molecule has 0 radical (unpaired) electrons. The molecule has 6 heteroatoms. The predicted octanol–water partition coefficient (Wildman–Crippen LogP) is 2.67. The molecular weight excluding hydrogens is 305 g/mol. The molecule has 1 atom stereocenters. The topological polar surface area (TPSA) is 59.3 Å². The van der Waals surface area contributed by atoms with Gasteiger partial charge in [-0.25, -0.2) is 16.8 Å². The zero-order chi connectivity index (χ0) is 15.9. The van der Waals surface area contributed by atoms with E-state index in [1.807, 2.05) is 0 Å². The molecule has 0 aliphatic heterocycles. The monoisotopic (exact) mass is 319 g/mol. The first-order valence-corrected chi connectivity index (χ1v) is 8.47. The minimum Gasteiger partial charge on any atom is -0.382 e. The SMILES string of the molecule is CS(=O)(=O)n1c([C@H](O)c2ccc(F)cc2)cc2ccccc21. The third kappa shape index (κ3) is 2.51. The predicted molar refractivity (Wildman–Crippen MR) is 82.6 cm³/mol. The fraction of sp³-hybridized carbons (Fsp3) is 0.125. The highest BCUT2D eigenvalue weighted by molar-refractivity contribution is 7.89. The average Bonchev–Trinajstić information content (AvgIpc) is 2.86. The lowest BCUT2D eigenvalue weighted by atomic mass is 10.1. The quantitative estimate of drug-likeness (QED) is 0.807. The lowest BCUT2D eigenvalue weighted by molar-refractivity contribution is 0.214. The Kier molecular flexibility index (Phi) is 3.50. The largest absolute Gasteiger partial charge is 0.382 e. The van der Waals surface area contributed by atoms with Crippen molar-refractivity contribution in [3.05, 3.63) is 71.7 Å². The van der Waals surface area contributed by atoms with E-state index < -0.39 is 21.9 Å². The molecule has 3 rings (SSSR count). The molecule has 0 bridgehead atoms. The van der Waals surface area contributed by atoms with Crippen LogP contribution in [0.1, 0.15) is 17.4 Å². The Bertz CT molecular complexity index is 930. The molecule has 0 saturated carbocycles. The number of halogens is 1. The molecule has 0 aliphatic carbocycles. The second kappa shape index (κ2) is 5.23. The standard InChI is InChI=1S/C16H14FNO3S/c1-22(20,21)18-14-5-3-2-4-12(14)10-15(18)16(19)11-6-8-13(17)9-7-11/h2-10,16,19H,1H3/t16-/m1/s1. The Morgan fingerprint density at radius 1 is 1.09 bits per heavy atom. The van der Waals surface area contributed by atoms with Gasteiger partial charge in [-0.05, 0) is 29.8 Å². The second-order valence-electron chi connectivity index (χ2n) is 5.11. The number of rotatable bonds is 3. The molecule has 0 saturated heterocycles. The van der Waals surface area contributed by atoms with E-state index in [1.165, 1.54) is 24.3 Å². The zero-order valence-corrected chi connectivity index (χ0v) is 12.6. The van der Waals surface area contributed by atoms with Gasteiger partial charge in [-0.15, -0.1) is 0 Å². The summed E-state index contributed by atoms with van der Waals surface area (Å²) in [6, 6.07) is 13.9. The molecule has 114 valence electrons. The van der Waals surface area contributed by atoms with E-state index in [9.17, 15) is 17.9 Å². The molecule has 0 unspecified atom stereocenters. The molecule has 1 N–H and O–H groups in total. The number of aromatic nitrogens is 1. The van der Waals surface area contributed by atoms with Crippen LogP contribution in [-0.4, -0.2) is 23.8 Å². The van der Waals surface area contributed by atoms with Crippen LogP contribution in [0.3, 0.4) is 0 Å². The first-order valence-electron chi connectivity index (χ1n) is 6.62. The molecule has 3 aromatic rings. The smallest absolute Gasteiger partial charge is 0.236 e. The zero-order valence-electron chi connectivity index (χ0n) is 11.8. The average molecular weight is 319 g/mol. The molecule has 0 fully saturated rings. The van der Waals surface area contributed by atoms with Gasteiger partial charge in [0.2, 0.25) is 10.0 Å². The normalized spacial score (nSPS) is 13.4. The minimum absolute atomic E-state index is 0.232.